The van der Waals surface area contributed by atoms with E-state index in [0.29, 0.717) is 20.6 Å². The van der Waals surface area contributed by atoms with E-state index in [-0.39, 0.29) is 0 Å². The number of hydrogen-bond donors (Lipinski definition) is 1. The van der Waals surface area contributed by atoms with Crippen LogP contribution in [0.2, 0.25) is 0 Å². The summed E-state index contributed by atoms with van der Waals surface area (Å²) in [6, 6.07) is 0. The van der Waals surface area contributed by atoms with Crippen molar-refractivity contribution in [2.45, 2.75) is 28.1 Å². The van der Waals surface area contributed by atoms with E-state index >= 15 is 0 Å². The Kier molecular flexibility index (Phi) is 3.68. The second-order valence-electron chi connectivity index (χ2n) is 2.70. The van der Waals surface area contributed by atoms with Gasteiger partial charge in [0, 0.05) is 4.83 Å². The smallest absolute Gasteiger partial charge is 0.0766 e. The fourth-order valence-electron chi connectivity index (χ4n) is 1.01. The Bertz CT molecular complexity index is 93.6. The lowest BCUT2D eigenvalue weighted by molar-refractivity contribution is 0.381. The van der Waals surface area contributed by atoms with E-state index in [4.69, 9.17) is 0 Å². The van der Waals surface area contributed by atoms with E-state index in [1.807, 2.05) is 0 Å². The first-order chi connectivity index (χ1) is 4.61. The zero-order valence-electron chi connectivity index (χ0n) is 5.65. The van der Waals surface area contributed by atoms with Gasteiger partial charge in [-0.3, -0.25) is 5.32 Å². The highest BCUT2D eigenvalue weighted by Crippen LogP contribution is 2.30. The van der Waals surface area contributed by atoms with Crippen LogP contribution in [-0.4, -0.2) is 14.7 Å². The zero-order valence-corrected chi connectivity index (χ0v) is 10.4. The third kappa shape index (κ3) is 2.19. The molecule has 1 heterocycles. The Labute approximate surface area is 86.7 Å². The van der Waals surface area contributed by atoms with Crippen LogP contribution in [0.3, 0.4) is 0 Å². The first kappa shape index (κ1) is 9.49. The Morgan fingerprint density at radius 3 is 2.30 bits per heavy atom. The number of halogens is 3. The van der Waals surface area contributed by atoms with Gasteiger partial charge in [0.15, 0.2) is 0 Å². The summed E-state index contributed by atoms with van der Waals surface area (Å²) in [5.41, 5.74) is 0. The molecule has 1 rings (SSSR count). The molecule has 0 saturated carbocycles. The molecule has 0 spiro atoms. The van der Waals surface area contributed by atoms with Gasteiger partial charge in [0.25, 0.3) is 0 Å². The topological polar surface area (TPSA) is 12.0 Å². The molecule has 60 valence electrons. The molecule has 0 radical (unpaired) electrons. The molecular weight excluding hydrogens is 326 g/mol. The van der Waals surface area contributed by atoms with Gasteiger partial charge in [-0.2, -0.15) is 0 Å². The Morgan fingerprint density at radius 2 is 1.80 bits per heavy atom. The molecule has 1 aliphatic rings. The molecule has 0 aliphatic carbocycles. The summed E-state index contributed by atoms with van der Waals surface area (Å²) in [5, 5.41) is 3.37. The maximum absolute atomic E-state index is 3.59. The third-order valence-corrected chi connectivity index (χ3v) is 5.41. The van der Waals surface area contributed by atoms with Crippen molar-refractivity contribution in [2.24, 2.45) is 5.92 Å². The van der Waals surface area contributed by atoms with Crippen molar-refractivity contribution >= 4 is 47.8 Å². The van der Waals surface area contributed by atoms with Gasteiger partial charge < -0.3 is 0 Å². The first-order valence-electron chi connectivity index (χ1n) is 3.29. The van der Waals surface area contributed by atoms with Gasteiger partial charge in [-0.25, -0.2) is 0 Å². The van der Waals surface area contributed by atoms with Crippen molar-refractivity contribution in [3.8, 4) is 0 Å². The molecule has 1 fully saturated rings. The summed E-state index contributed by atoms with van der Waals surface area (Å²) in [5.74, 6) is 0.693. The van der Waals surface area contributed by atoms with Crippen LogP contribution in [0, 0.1) is 5.92 Å². The zero-order chi connectivity index (χ0) is 7.72. The SMILES string of the molecule is CC1CC(Br)C(Br)NC1Br. The van der Waals surface area contributed by atoms with Crippen molar-refractivity contribution in [3.05, 3.63) is 0 Å². The summed E-state index contributed by atoms with van der Waals surface area (Å²) >= 11 is 10.7. The first-order valence-corrected chi connectivity index (χ1v) is 6.04. The van der Waals surface area contributed by atoms with Crippen LogP contribution in [0.15, 0.2) is 0 Å². The van der Waals surface area contributed by atoms with Gasteiger partial charge in [-0.15, -0.1) is 0 Å². The predicted molar refractivity (Wildman–Crippen MR) is 55.1 cm³/mol. The molecule has 0 aromatic heterocycles. The van der Waals surface area contributed by atoms with Gasteiger partial charge >= 0.3 is 0 Å². The molecule has 0 amide bonds. The van der Waals surface area contributed by atoms with Crippen LogP contribution in [0.25, 0.3) is 0 Å². The number of nitrogens with one attached hydrogen (secondary N) is 1. The second-order valence-corrected chi connectivity index (χ2v) is 5.85. The molecule has 1 aliphatic heterocycles. The van der Waals surface area contributed by atoms with Gasteiger partial charge in [-0.05, 0) is 12.3 Å². The summed E-state index contributed by atoms with van der Waals surface area (Å²) in [6.45, 7) is 2.24. The Balaban J connectivity index is 2.46. The number of alkyl halides is 3. The third-order valence-electron chi connectivity index (χ3n) is 1.73. The average Bonchev–Trinajstić information content (AvgIpc) is 1.84. The molecule has 4 unspecified atom stereocenters. The molecule has 10 heavy (non-hydrogen) atoms. The molecule has 4 heteroatoms. The predicted octanol–water partition coefficient (Wildman–Crippen LogP) is 2.82. The molecular formula is C6H10Br3N. The lowest BCUT2D eigenvalue weighted by Crippen LogP contribution is -2.46. The number of hydrogen-bond acceptors (Lipinski definition) is 1. The van der Waals surface area contributed by atoms with Crippen molar-refractivity contribution < 1.29 is 0 Å². The van der Waals surface area contributed by atoms with Crippen LogP contribution >= 0.6 is 47.8 Å². The van der Waals surface area contributed by atoms with Crippen LogP contribution in [0.5, 0.6) is 0 Å². The van der Waals surface area contributed by atoms with E-state index in [9.17, 15) is 0 Å². The van der Waals surface area contributed by atoms with Gasteiger partial charge in [0.05, 0.1) is 9.90 Å². The van der Waals surface area contributed by atoms with Crippen molar-refractivity contribution in [1.29, 1.82) is 0 Å². The summed E-state index contributed by atoms with van der Waals surface area (Å²) in [4.78, 5) is 1.40. The lowest BCUT2D eigenvalue weighted by Gasteiger charge is -2.33. The van der Waals surface area contributed by atoms with Crippen LogP contribution < -0.4 is 5.32 Å². The fraction of sp³-hybridized carbons (Fsp3) is 1.00. The van der Waals surface area contributed by atoms with Crippen molar-refractivity contribution in [1.82, 2.24) is 5.32 Å². The second kappa shape index (κ2) is 3.87. The highest BCUT2D eigenvalue weighted by molar-refractivity contribution is 9.12. The molecule has 4 atom stereocenters. The van der Waals surface area contributed by atoms with Gasteiger partial charge in [0.2, 0.25) is 0 Å². The standard InChI is InChI=1S/C6H10Br3N/c1-3-2-4(7)6(9)10-5(3)8/h3-6,10H,2H2,1H3. The van der Waals surface area contributed by atoms with Crippen LogP contribution in [0.1, 0.15) is 13.3 Å². The molecule has 0 aromatic rings. The highest BCUT2D eigenvalue weighted by atomic mass is 79.9. The number of rotatable bonds is 0. The minimum absolute atomic E-state index is 0.396. The lowest BCUT2D eigenvalue weighted by atomic mass is 10.0. The largest absolute Gasteiger partial charge is 0.291 e. The number of piperidine rings is 1. The summed E-state index contributed by atoms with van der Waals surface area (Å²) in [6.07, 6.45) is 1.21. The summed E-state index contributed by atoms with van der Waals surface area (Å²) in [7, 11) is 0. The minimum atomic E-state index is 0.396. The van der Waals surface area contributed by atoms with Gasteiger partial charge in [-0.1, -0.05) is 54.7 Å². The normalized spacial score (nSPS) is 49.2. The van der Waals surface area contributed by atoms with Crippen LogP contribution in [-0.2, 0) is 0 Å². The van der Waals surface area contributed by atoms with E-state index in [1.54, 1.807) is 0 Å². The maximum Gasteiger partial charge on any atom is 0.0766 e. The highest BCUT2D eigenvalue weighted by Gasteiger charge is 2.29. The Morgan fingerprint density at radius 1 is 1.20 bits per heavy atom. The monoisotopic (exact) mass is 333 g/mol. The maximum atomic E-state index is 3.59. The van der Waals surface area contributed by atoms with Gasteiger partial charge in [0.1, 0.15) is 0 Å². The molecule has 0 aromatic carbocycles. The van der Waals surface area contributed by atoms with E-state index in [2.05, 4.69) is 60.0 Å². The quantitative estimate of drug-likeness (QED) is 0.530. The van der Waals surface area contributed by atoms with E-state index in [0.717, 1.165) is 0 Å². The average molecular weight is 336 g/mol. The van der Waals surface area contributed by atoms with E-state index < -0.39 is 0 Å². The van der Waals surface area contributed by atoms with E-state index in [1.165, 1.54) is 6.42 Å². The molecule has 1 saturated heterocycles. The Hall–Kier alpha value is 1.40. The van der Waals surface area contributed by atoms with Crippen molar-refractivity contribution in [2.75, 3.05) is 0 Å². The molecule has 1 nitrogen and oxygen atoms in total. The minimum Gasteiger partial charge on any atom is -0.291 e. The molecule has 0 bridgehead atoms. The fourth-order valence-corrected chi connectivity index (χ4v) is 3.11. The molecule has 1 N–H and O–H groups in total. The van der Waals surface area contributed by atoms with Crippen molar-refractivity contribution in [3.63, 3.8) is 0 Å². The van der Waals surface area contributed by atoms with Crippen LogP contribution in [0.4, 0.5) is 0 Å². The summed E-state index contributed by atoms with van der Waals surface area (Å²) < 4.78 is 0.